The van der Waals surface area contributed by atoms with E-state index in [1.165, 1.54) is 0 Å². The van der Waals surface area contributed by atoms with Gasteiger partial charge in [0.15, 0.2) is 0 Å². The number of hydrogen-bond donors (Lipinski definition) is 3. The van der Waals surface area contributed by atoms with E-state index in [1.54, 1.807) is 36.4 Å². The Morgan fingerprint density at radius 2 is 1.74 bits per heavy atom. The maximum absolute atomic E-state index is 14.3. The fourth-order valence-corrected chi connectivity index (χ4v) is 3.59. The van der Waals surface area contributed by atoms with Gasteiger partial charge in [-0.2, -0.15) is 5.10 Å². The summed E-state index contributed by atoms with van der Waals surface area (Å²) in [5.74, 6) is -2.71. The maximum atomic E-state index is 14.3. The highest BCUT2D eigenvalue weighted by Crippen LogP contribution is 2.30. The van der Waals surface area contributed by atoms with Crippen molar-refractivity contribution < 1.29 is 18.4 Å². The molecule has 0 aliphatic rings. The van der Waals surface area contributed by atoms with Gasteiger partial charge in [-0.3, -0.25) is 9.59 Å². The van der Waals surface area contributed by atoms with E-state index < -0.39 is 17.5 Å². The molecule has 0 unspecified atom stereocenters. The van der Waals surface area contributed by atoms with E-state index in [0.29, 0.717) is 11.1 Å². The molecule has 0 aliphatic carbocycles. The summed E-state index contributed by atoms with van der Waals surface area (Å²) in [5.41, 5.74) is 14.1. The minimum absolute atomic E-state index is 0.107. The average molecular weight is 461 g/mol. The van der Waals surface area contributed by atoms with Crippen molar-refractivity contribution in [1.82, 2.24) is 15.1 Å². The molecule has 34 heavy (non-hydrogen) atoms. The number of halogens is 2. The first-order chi connectivity index (χ1) is 16.3. The number of nitrogens with zero attached hydrogens (tertiary/aromatic N) is 2. The second-order valence-electron chi connectivity index (χ2n) is 7.68. The third-order valence-corrected chi connectivity index (χ3v) is 5.37. The molecule has 0 atom stereocenters. The zero-order valence-electron chi connectivity index (χ0n) is 18.2. The van der Waals surface area contributed by atoms with Crippen LogP contribution in [-0.2, 0) is 6.54 Å². The lowest BCUT2D eigenvalue weighted by Crippen LogP contribution is -2.23. The Hall–Kier alpha value is -4.53. The number of nitrogen functional groups attached to an aromatic ring is 1. The van der Waals surface area contributed by atoms with Crippen LogP contribution < -0.4 is 16.8 Å². The summed E-state index contributed by atoms with van der Waals surface area (Å²) >= 11 is 0. The van der Waals surface area contributed by atoms with Crippen LogP contribution in [0, 0.1) is 18.6 Å². The number of carbonyl (C=O) groups excluding carboxylic acids is 2. The molecular formula is C25H21F2N5O2. The van der Waals surface area contributed by atoms with Crippen molar-refractivity contribution in [2.24, 2.45) is 5.73 Å². The summed E-state index contributed by atoms with van der Waals surface area (Å²) in [6.07, 6.45) is 0. The van der Waals surface area contributed by atoms with Gasteiger partial charge in [0, 0.05) is 23.7 Å². The maximum Gasteiger partial charge on any atom is 0.254 e. The lowest BCUT2D eigenvalue weighted by Gasteiger charge is -2.08. The zero-order chi connectivity index (χ0) is 24.4. The lowest BCUT2D eigenvalue weighted by molar-refractivity contribution is 0.0949. The highest BCUT2D eigenvalue weighted by Gasteiger charge is 2.23. The number of nitrogens with two attached hydrogens (primary N) is 2. The van der Waals surface area contributed by atoms with Gasteiger partial charge < -0.3 is 16.8 Å². The normalized spacial score (nSPS) is 10.8. The number of anilines is 1. The highest BCUT2D eigenvalue weighted by atomic mass is 19.1. The van der Waals surface area contributed by atoms with Crippen LogP contribution >= 0.6 is 0 Å². The summed E-state index contributed by atoms with van der Waals surface area (Å²) in [6, 6.07) is 16.9. The smallest absolute Gasteiger partial charge is 0.254 e. The molecule has 0 bridgehead atoms. The van der Waals surface area contributed by atoms with Gasteiger partial charge in [0.25, 0.3) is 11.8 Å². The van der Waals surface area contributed by atoms with Crippen molar-refractivity contribution in [2.75, 3.05) is 5.73 Å². The Morgan fingerprint density at radius 1 is 1.03 bits per heavy atom. The standard InChI is InChI=1S/C25H21F2N5O2/c1-14-4-2-3-5-18(14)25(34)30-13-15-6-8-16(9-7-15)22-21(24(29)33)23(28)32(31-22)20-12-17(26)10-11-19(20)27/h2-12H,13,28H2,1H3,(H2,29,33)(H,30,34). The molecule has 4 aromatic rings. The van der Waals surface area contributed by atoms with Crippen LogP contribution in [-0.4, -0.2) is 21.6 Å². The Labute approximate surface area is 194 Å². The molecule has 9 heteroatoms. The topological polar surface area (TPSA) is 116 Å². The van der Waals surface area contributed by atoms with Crippen molar-refractivity contribution >= 4 is 17.6 Å². The molecule has 0 saturated carbocycles. The van der Waals surface area contributed by atoms with Gasteiger partial charge in [-0.15, -0.1) is 0 Å². The van der Waals surface area contributed by atoms with Crippen LogP contribution in [0.15, 0.2) is 66.7 Å². The third kappa shape index (κ3) is 4.36. The van der Waals surface area contributed by atoms with E-state index in [9.17, 15) is 18.4 Å². The molecule has 5 N–H and O–H groups in total. The molecule has 2 amide bonds. The Bertz CT molecular complexity index is 1400. The molecule has 0 saturated heterocycles. The van der Waals surface area contributed by atoms with Crippen molar-refractivity contribution in [1.29, 1.82) is 0 Å². The van der Waals surface area contributed by atoms with Crippen LogP contribution in [0.2, 0.25) is 0 Å². The van der Waals surface area contributed by atoms with Crippen LogP contribution in [0.25, 0.3) is 16.9 Å². The lowest BCUT2D eigenvalue weighted by atomic mass is 10.0. The molecule has 7 nitrogen and oxygen atoms in total. The first-order valence-electron chi connectivity index (χ1n) is 10.3. The molecule has 0 spiro atoms. The van der Waals surface area contributed by atoms with Gasteiger partial charge in [0.05, 0.1) is 0 Å². The number of carbonyl (C=O) groups is 2. The van der Waals surface area contributed by atoms with Gasteiger partial charge in [0.2, 0.25) is 0 Å². The van der Waals surface area contributed by atoms with Gasteiger partial charge in [-0.05, 0) is 36.2 Å². The van der Waals surface area contributed by atoms with Crippen molar-refractivity contribution in [3.05, 3.63) is 101 Å². The monoisotopic (exact) mass is 461 g/mol. The molecule has 172 valence electrons. The number of aromatic nitrogens is 2. The fourth-order valence-electron chi connectivity index (χ4n) is 3.59. The van der Waals surface area contributed by atoms with Crippen molar-refractivity contribution in [3.63, 3.8) is 0 Å². The molecule has 0 aliphatic heterocycles. The molecular weight excluding hydrogens is 440 g/mol. The number of primary amides is 1. The molecule has 0 radical (unpaired) electrons. The summed E-state index contributed by atoms with van der Waals surface area (Å²) in [4.78, 5) is 24.5. The first kappa shape index (κ1) is 22.7. The van der Waals surface area contributed by atoms with Gasteiger partial charge in [-0.1, -0.05) is 42.5 Å². The average Bonchev–Trinajstić information content (AvgIpc) is 3.16. The van der Waals surface area contributed by atoms with Crippen LogP contribution in [0.5, 0.6) is 0 Å². The summed E-state index contributed by atoms with van der Waals surface area (Å²) in [5, 5.41) is 7.10. The number of amides is 2. The minimum Gasteiger partial charge on any atom is -0.383 e. The molecule has 3 aromatic carbocycles. The highest BCUT2D eigenvalue weighted by molar-refractivity contribution is 6.03. The van der Waals surface area contributed by atoms with Crippen molar-refractivity contribution in [3.8, 4) is 16.9 Å². The number of hydrogen-bond acceptors (Lipinski definition) is 4. The number of rotatable bonds is 6. The molecule has 4 rings (SSSR count). The Kier molecular flexibility index (Phi) is 6.09. The van der Waals surface area contributed by atoms with Crippen LogP contribution in [0.4, 0.5) is 14.6 Å². The van der Waals surface area contributed by atoms with E-state index in [2.05, 4.69) is 10.4 Å². The summed E-state index contributed by atoms with van der Waals surface area (Å²) in [7, 11) is 0. The number of benzene rings is 3. The van der Waals surface area contributed by atoms with E-state index in [4.69, 9.17) is 11.5 Å². The first-order valence-corrected chi connectivity index (χ1v) is 10.3. The van der Waals surface area contributed by atoms with E-state index in [1.807, 2.05) is 19.1 Å². The summed E-state index contributed by atoms with van der Waals surface area (Å²) in [6.45, 7) is 2.14. The number of nitrogens with one attached hydrogen (secondary N) is 1. The van der Waals surface area contributed by atoms with E-state index >= 15 is 0 Å². The van der Waals surface area contributed by atoms with Gasteiger partial charge in [0.1, 0.15) is 34.4 Å². The zero-order valence-corrected chi connectivity index (χ0v) is 18.2. The largest absolute Gasteiger partial charge is 0.383 e. The Balaban J connectivity index is 1.61. The molecule has 1 heterocycles. The van der Waals surface area contributed by atoms with Crippen LogP contribution in [0.1, 0.15) is 31.8 Å². The van der Waals surface area contributed by atoms with Gasteiger partial charge in [-0.25, -0.2) is 13.5 Å². The third-order valence-electron chi connectivity index (χ3n) is 5.37. The predicted molar refractivity (Wildman–Crippen MR) is 124 cm³/mol. The quantitative estimate of drug-likeness (QED) is 0.406. The summed E-state index contributed by atoms with van der Waals surface area (Å²) < 4.78 is 28.9. The second-order valence-corrected chi connectivity index (χ2v) is 7.68. The van der Waals surface area contributed by atoms with E-state index in [-0.39, 0.29) is 35.2 Å². The fraction of sp³-hybridized carbons (Fsp3) is 0.0800. The van der Waals surface area contributed by atoms with Crippen molar-refractivity contribution in [2.45, 2.75) is 13.5 Å². The van der Waals surface area contributed by atoms with Crippen LogP contribution in [0.3, 0.4) is 0 Å². The predicted octanol–water partition coefficient (Wildman–Crippen LogP) is 3.74. The van der Waals surface area contributed by atoms with E-state index in [0.717, 1.165) is 34.0 Å². The Morgan fingerprint density at radius 3 is 2.41 bits per heavy atom. The SMILES string of the molecule is Cc1ccccc1C(=O)NCc1ccc(-c2nn(-c3cc(F)ccc3F)c(N)c2C(N)=O)cc1. The second kappa shape index (κ2) is 9.14. The van der Waals surface area contributed by atoms with Gasteiger partial charge >= 0.3 is 0 Å². The molecule has 1 aromatic heterocycles. The minimum atomic E-state index is -0.856. The number of aryl methyl sites for hydroxylation is 1. The molecule has 0 fully saturated rings.